The summed E-state index contributed by atoms with van der Waals surface area (Å²) in [7, 11) is 0. The lowest BCUT2D eigenvalue weighted by Crippen LogP contribution is -2.46. The molecule has 2 heterocycles. The summed E-state index contributed by atoms with van der Waals surface area (Å²) in [5.74, 6) is 0.179. The predicted molar refractivity (Wildman–Crippen MR) is 103 cm³/mol. The Balaban J connectivity index is 1.61. The summed E-state index contributed by atoms with van der Waals surface area (Å²) in [6.07, 6.45) is 1.39. The van der Waals surface area contributed by atoms with Gasteiger partial charge in [0.2, 0.25) is 0 Å². The van der Waals surface area contributed by atoms with Crippen LogP contribution in [0.1, 0.15) is 25.6 Å². The third kappa shape index (κ3) is 3.90. The number of anilines is 2. The van der Waals surface area contributed by atoms with Crippen molar-refractivity contribution in [3.63, 3.8) is 0 Å². The first kappa shape index (κ1) is 17.2. The summed E-state index contributed by atoms with van der Waals surface area (Å²) in [4.78, 5) is 9.22. The molecule has 1 aliphatic rings. The summed E-state index contributed by atoms with van der Waals surface area (Å²) in [5.41, 5.74) is 3.15. The van der Waals surface area contributed by atoms with Crippen LogP contribution in [0.15, 0.2) is 47.1 Å². The van der Waals surface area contributed by atoms with Gasteiger partial charge >= 0.3 is 0 Å². The highest BCUT2D eigenvalue weighted by Gasteiger charge is 2.19. The van der Waals surface area contributed by atoms with Crippen LogP contribution >= 0.6 is 15.9 Å². The van der Waals surface area contributed by atoms with Gasteiger partial charge in [0.1, 0.15) is 0 Å². The van der Waals surface area contributed by atoms with Crippen molar-refractivity contribution in [3.05, 3.63) is 52.8 Å². The third-order valence-electron chi connectivity index (χ3n) is 4.54. The predicted octanol–water partition coefficient (Wildman–Crippen LogP) is 3.86. The minimum atomic E-state index is -0.492. The standard InChI is InChI=1S/C19H24BrN3O/c1-14(2)19(24)18-8-7-17(13-21-18)23-11-9-22(10-12-23)16-5-3-15(20)4-6-16/h3-8,13-14,19,24H,9-12H2,1-2H3. The molecular formula is C19H24BrN3O. The number of hydrogen-bond acceptors (Lipinski definition) is 4. The van der Waals surface area contributed by atoms with Crippen LogP contribution in [-0.4, -0.2) is 36.3 Å². The van der Waals surface area contributed by atoms with E-state index in [1.165, 1.54) is 5.69 Å². The van der Waals surface area contributed by atoms with Gasteiger partial charge in [-0.1, -0.05) is 29.8 Å². The summed E-state index contributed by atoms with van der Waals surface area (Å²) in [6.45, 7) is 7.95. The Hall–Kier alpha value is -1.59. The van der Waals surface area contributed by atoms with Gasteiger partial charge in [0.15, 0.2) is 0 Å². The first-order valence-electron chi connectivity index (χ1n) is 8.44. The van der Waals surface area contributed by atoms with Crippen LogP contribution < -0.4 is 9.80 Å². The van der Waals surface area contributed by atoms with Crippen molar-refractivity contribution in [1.29, 1.82) is 0 Å². The van der Waals surface area contributed by atoms with E-state index in [2.05, 4.69) is 61.0 Å². The van der Waals surface area contributed by atoms with E-state index in [0.717, 1.165) is 42.0 Å². The molecule has 1 fully saturated rings. The molecule has 0 saturated carbocycles. The second-order valence-corrected chi connectivity index (χ2v) is 7.50. The fourth-order valence-electron chi connectivity index (χ4n) is 2.98. The van der Waals surface area contributed by atoms with Gasteiger partial charge in [-0.25, -0.2) is 0 Å². The number of aliphatic hydroxyl groups is 1. The van der Waals surface area contributed by atoms with Gasteiger partial charge in [-0.2, -0.15) is 0 Å². The molecule has 1 atom stereocenters. The first-order valence-corrected chi connectivity index (χ1v) is 9.23. The smallest absolute Gasteiger partial charge is 0.0982 e. The number of piperazine rings is 1. The molecule has 1 aliphatic heterocycles. The molecule has 4 nitrogen and oxygen atoms in total. The molecule has 1 aromatic carbocycles. The fraction of sp³-hybridized carbons (Fsp3) is 0.421. The normalized spacial score (nSPS) is 16.5. The van der Waals surface area contributed by atoms with Crippen LogP contribution in [0.3, 0.4) is 0 Å². The second kappa shape index (κ2) is 7.53. The van der Waals surface area contributed by atoms with E-state index in [0.29, 0.717) is 0 Å². The number of aromatic nitrogens is 1. The van der Waals surface area contributed by atoms with Crippen molar-refractivity contribution in [2.45, 2.75) is 20.0 Å². The van der Waals surface area contributed by atoms with E-state index >= 15 is 0 Å². The first-order chi connectivity index (χ1) is 11.5. The summed E-state index contributed by atoms with van der Waals surface area (Å²) < 4.78 is 1.11. The Morgan fingerprint density at radius 3 is 1.96 bits per heavy atom. The minimum absolute atomic E-state index is 0.179. The van der Waals surface area contributed by atoms with Gasteiger partial charge in [0, 0.05) is 36.3 Å². The second-order valence-electron chi connectivity index (χ2n) is 6.58. The van der Waals surface area contributed by atoms with E-state index in [9.17, 15) is 5.11 Å². The van der Waals surface area contributed by atoms with E-state index in [1.807, 2.05) is 26.1 Å². The maximum absolute atomic E-state index is 10.1. The molecule has 1 unspecified atom stereocenters. The Bertz CT molecular complexity index is 649. The third-order valence-corrected chi connectivity index (χ3v) is 5.07. The Kier molecular flexibility index (Phi) is 5.41. The van der Waals surface area contributed by atoms with Crippen molar-refractivity contribution in [2.75, 3.05) is 36.0 Å². The molecule has 0 spiro atoms. The monoisotopic (exact) mass is 389 g/mol. The molecule has 0 radical (unpaired) electrons. The zero-order valence-corrected chi connectivity index (χ0v) is 15.8. The van der Waals surface area contributed by atoms with Gasteiger partial charge in [0.05, 0.1) is 23.7 Å². The van der Waals surface area contributed by atoms with Gasteiger partial charge in [0.25, 0.3) is 0 Å². The Labute approximate surface area is 152 Å². The maximum Gasteiger partial charge on any atom is 0.0982 e. The van der Waals surface area contributed by atoms with Gasteiger partial charge in [-0.05, 0) is 42.3 Å². The fourth-order valence-corrected chi connectivity index (χ4v) is 3.24. The van der Waals surface area contributed by atoms with Crippen LogP contribution in [0, 0.1) is 5.92 Å². The number of halogens is 1. The molecule has 2 aromatic rings. The molecular weight excluding hydrogens is 366 g/mol. The SMILES string of the molecule is CC(C)C(O)c1ccc(N2CCN(c3ccc(Br)cc3)CC2)cn1. The lowest BCUT2D eigenvalue weighted by atomic mass is 10.0. The van der Waals surface area contributed by atoms with Crippen molar-refractivity contribution >= 4 is 27.3 Å². The van der Waals surface area contributed by atoms with Crippen LogP contribution in [0.2, 0.25) is 0 Å². The van der Waals surface area contributed by atoms with Gasteiger partial charge in [-0.3, -0.25) is 4.98 Å². The molecule has 0 aliphatic carbocycles. The van der Waals surface area contributed by atoms with Crippen molar-refractivity contribution < 1.29 is 5.11 Å². The number of pyridine rings is 1. The number of aliphatic hydroxyl groups excluding tert-OH is 1. The Morgan fingerprint density at radius 2 is 1.46 bits per heavy atom. The highest BCUT2D eigenvalue weighted by atomic mass is 79.9. The molecule has 24 heavy (non-hydrogen) atoms. The molecule has 0 amide bonds. The van der Waals surface area contributed by atoms with Crippen molar-refractivity contribution in [3.8, 4) is 0 Å². The van der Waals surface area contributed by atoms with Crippen LogP contribution in [0.4, 0.5) is 11.4 Å². The van der Waals surface area contributed by atoms with Crippen LogP contribution in [0.5, 0.6) is 0 Å². The number of nitrogens with zero attached hydrogens (tertiary/aromatic N) is 3. The van der Waals surface area contributed by atoms with E-state index in [1.54, 1.807) is 0 Å². The minimum Gasteiger partial charge on any atom is -0.387 e. The number of hydrogen-bond donors (Lipinski definition) is 1. The molecule has 5 heteroatoms. The number of benzene rings is 1. The zero-order chi connectivity index (χ0) is 17.1. The number of rotatable bonds is 4. The summed E-state index contributed by atoms with van der Waals surface area (Å²) in [5, 5.41) is 10.1. The van der Waals surface area contributed by atoms with E-state index in [-0.39, 0.29) is 5.92 Å². The lowest BCUT2D eigenvalue weighted by molar-refractivity contribution is 0.122. The van der Waals surface area contributed by atoms with E-state index in [4.69, 9.17) is 0 Å². The highest BCUT2D eigenvalue weighted by molar-refractivity contribution is 9.10. The van der Waals surface area contributed by atoms with E-state index < -0.39 is 6.10 Å². The molecule has 1 N–H and O–H groups in total. The summed E-state index contributed by atoms with van der Waals surface area (Å²) >= 11 is 3.48. The molecule has 3 rings (SSSR count). The zero-order valence-electron chi connectivity index (χ0n) is 14.2. The largest absolute Gasteiger partial charge is 0.387 e. The van der Waals surface area contributed by atoms with Gasteiger partial charge in [-0.15, -0.1) is 0 Å². The quantitative estimate of drug-likeness (QED) is 0.861. The van der Waals surface area contributed by atoms with Crippen molar-refractivity contribution in [2.24, 2.45) is 5.92 Å². The maximum atomic E-state index is 10.1. The molecule has 0 bridgehead atoms. The molecule has 128 valence electrons. The molecule has 1 aromatic heterocycles. The lowest BCUT2D eigenvalue weighted by Gasteiger charge is -2.37. The summed E-state index contributed by atoms with van der Waals surface area (Å²) in [6, 6.07) is 12.5. The Morgan fingerprint density at radius 1 is 0.917 bits per heavy atom. The van der Waals surface area contributed by atoms with Gasteiger partial charge < -0.3 is 14.9 Å². The highest BCUT2D eigenvalue weighted by Crippen LogP contribution is 2.24. The van der Waals surface area contributed by atoms with Crippen molar-refractivity contribution in [1.82, 2.24) is 4.98 Å². The average molecular weight is 390 g/mol. The average Bonchev–Trinajstić information content (AvgIpc) is 2.62. The van der Waals surface area contributed by atoms with Crippen LogP contribution in [0.25, 0.3) is 0 Å². The molecule has 1 saturated heterocycles. The topological polar surface area (TPSA) is 39.6 Å². The van der Waals surface area contributed by atoms with Crippen LogP contribution in [-0.2, 0) is 0 Å².